The predicted molar refractivity (Wildman–Crippen MR) is 106 cm³/mol. The zero-order valence-electron chi connectivity index (χ0n) is 17.0. The van der Waals surface area contributed by atoms with Gasteiger partial charge in [-0.15, -0.1) is 0 Å². The van der Waals surface area contributed by atoms with E-state index in [2.05, 4.69) is 12.1 Å². The van der Waals surface area contributed by atoms with Gasteiger partial charge in [0.05, 0.1) is 19.8 Å². The van der Waals surface area contributed by atoms with Gasteiger partial charge in [-0.05, 0) is 50.2 Å². The molecule has 1 saturated heterocycles. The van der Waals surface area contributed by atoms with Gasteiger partial charge in [0.2, 0.25) is 5.91 Å². The first-order chi connectivity index (χ1) is 13.6. The molecule has 0 aromatic heterocycles. The first-order valence-electron chi connectivity index (χ1n) is 10.5. The maximum atomic E-state index is 13.1. The van der Waals surface area contributed by atoms with Crippen LogP contribution in [0.4, 0.5) is 0 Å². The molecule has 3 atom stereocenters. The maximum absolute atomic E-state index is 13.1. The van der Waals surface area contributed by atoms with E-state index in [1.807, 2.05) is 11.0 Å². The van der Waals surface area contributed by atoms with Gasteiger partial charge in [-0.2, -0.15) is 0 Å². The van der Waals surface area contributed by atoms with Crippen LogP contribution in [0.25, 0.3) is 0 Å². The van der Waals surface area contributed by atoms with Crippen LogP contribution in [0, 0.1) is 5.92 Å². The summed E-state index contributed by atoms with van der Waals surface area (Å²) in [7, 11) is 3.41. The molecule has 1 amide bonds. The third-order valence-corrected chi connectivity index (χ3v) is 6.92. The van der Waals surface area contributed by atoms with E-state index in [-0.39, 0.29) is 29.6 Å². The van der Waals surface area contributed by atoms with Crippen molar-refractivity contribution in [3.05, 3.63) is 29.3 Å². The van der Waals surface area contributed by atoms with Gasteiger partial charge >= 0.3 is 0 Å². The average Bonchev–Trinajstić information content (AvgIpc) is 2.74. The second-order valence-electron chi connectivity index (χ2n) is 8.36. The number of likely N-dealkylation sites (tertiary alicyclic amines) is 1. The summed E-state index contributed by atoms with van der Waals surface area (Å²) in [4.78, 5) is 15.1. The number of nitrogens with zero attached hydrogens (tertiary/aromatic N) is 1. The Bertz CT molecular complexity index is 700. The van der Waals surface area contributed by atoms with Crippen molar-refractivity contribution in [2.24, 2.45) is 11.7 Å². The lowest BCUT2D eigenvalue weighted by molar-refractivity contribution is -0.147. The van der Waals surface area contributed by atoms with Crippen LogP contribution in [0.1, 0.15) is 43.2 Å². The van der Waals surface area contributed by atoms with Gasteiger partial charge in [-0.3, -0.25) is 4.79 Å². The standard InChI is InChI=1S/C22H32N2O4/c1-26-18-5-3-4-15-8-13-28-22(20(15)18)9-11-24(12-10-22)21(25)16-6-7-17(23)19(14-16)27-2/h3-5,16-17,19H,6-14,23H2,1-2H3/t16-,17+,19+/m0/s1. The van der Waals surface area contributed by atoms with Crippen molar-refractivity contribution in [2.45, 2.75) is 56.3 Å². The quantitative estimate of drug-likeness (QED) is 0.860. The summed E-state index contributed by atoms with van der Waals surface area (Å²) in [6, 6.07) is 6.28. The Hall–Kier alpha value is -1.63. The number of hydrogen-bond donors (Lipinski definition) is 1. The Labute approximate surface area is 167 Å². The smallest absolute Gasteiger partial charge is 0.225 e. The van der Waals surface area contributed by atoms with Crippen molar-refractivity contribution >= 4 is 5.91 Å². The fourth-order valence-corrected chi connectivity index (χ4v) is 5.29. The van der Waals surface area contributed by atoms with Crippen LogP contribution < -0.4 is 10.5 Å². The van der Waals surface area contributed by atoms with Crippen LogP contribution >= 0.6 is 0 Å². The number of fused-ring (bicyclic) bond motifs is 2. The molecule has 1 aromatic carbocycles. The van der Waals surface area contributed by atoms with Gasteiger partial charge in [0, 0.05) is 37.7 Å². The summed E-state index contributed by atoms with van der Waals surface area (Å²) in [6.07, 6.45) is 4.95. The molecule has 4 rings (SSSR count). The van der Waals surface area contributed by atoms with Gasteiger partial charge < -0.3 is 24.8 Å². The topological polar surface area (TPSA) is 74.0 Å². The van der Waals surface area contributed by atoms with Crippen LogP contribution in [-0.4, -0.2) is 56.9 Å². The second-order valence-corrected chi connectivity index (χ2v) is 8.36. The number of methoxy groups -OCH3 is 2. The van der Waals surface area contributed by atoms with E-state index in [4.69, 9.17) is 19.9 Å². The molecule has 0 unspecified atom stereocenters. The molecule has 2 heterocycles. The Morgan fingerprint density at radius 3 is 2.75 bits per heavy atom. The van der Waals surface area contributed by atoms with Crippen LogP contribution in [0.15, 0.2) is 18.2 Å². The number of amides is 1. The minimum Gasteiger partial charge on any atom is -0.496 e. The third kappa shape index (κ3) is 3.42. The summed E-state index contributed by atoms with van der Waals surface area (Å²) in [5, 5.41) is 0. The number of rotatable bonds is 3. The number of carbonyl (C=O) groups excluding carboxylic acids is 1. The largest absolute Gasteiger partial charge is 0.496 e. The van der Waals surface area contributed by atoms with Gasteiger partial charge in [0.15, 0.2) is 0 Å². The van der Waals surface area contributed by atoms with Gasteiger partial charge in [-0.25, -0.2) is 0 Å². The zero-order chi connectivity index (χ0) is 19.7. The highest BCUT2D eigenvalue weighted by molar-refractivity contribution is 5.79. The SMILES string of the molecule is COc1cccc2c1C1(CCN(C(=O)[C@H]3CC[C@@H](N)[C@H](OC)C3)CC1)OCC2. The number of benzene rings is 1. The van der Waals surface area contributed by atoms with Crippen LogP contribution in [0.3, 0.4) is 0 Å². The normalized spacial score (nSPS) is 29.4. The first-order valence-corrected chi connectivity index (χ1v) is 10.5. The number of ether oxygens (including phenoxy) is 3. The Balaban J connectivity index is 1.47. The highest BCUT2D eigenvalue weighted by Gasteiger charge is 2.44. The Kier molecular flexibility index (Phi) is 5.63. The molecule has 1 aliphatic carbocycles. The maximum Gasteiger partial charge on any atom is 0.225 e. The molecule has 2 aliphatic heterocycles. The van der Waals surface area contributed by atoms with Crippen molar-refractivity contribution in [1.82, 2.24) is 4.90 Å². The van der Waals surface area contributed by atoms with E-state index in [0.29, 0.717) is 0 Å². The van der Waals surface area contributed by atoms with E-state index >= 15 is 0 Å². The lowest BCUT2D eigenvalue weighted by atomic mass is 9.78. The third-order valence-electron chi connectivity index (χ3n) is 6.92. The molecular weight excluding hydrogens is 356 g/mol. The van der Waals surface area contributed by atoms with Crippen LogP contribution in [0.2, 0.25) is 0 Å². The fourth-order valence-electron chi connectivity index (χ4n) is 5.29. The molecule has 0 bridgehead atoms. The van der Waals surface area contributed by atoms with Crippen molar-refractivity contribution in [2.75, 3.05) is 33.9 Å². The van der Waals surface area contributed by atoms with E-state index < -0.39 is 0 Å². The summed E-state index contributed by atoms with van der Waals surface area (Å²) in [6.45, 7) is 2.16. The number of piperidine rings is 1. The molecule has 1 aromatic rings. The van der Waals surface area contributed by atoms with E-state index in [1.54, 1.807) is 14.2 Å². The van der Waals surface area contributed by atoms with Crippen molar-refractivity contribution in [3.63, 3.8) is 0 Å². The highest BCUT2D eigenvalue weighted by atomic mass is 16.5. The minimum absolute atomic E-state index is 0.0170. The van der Waals surface area contributed by atoms with Crippen molar-refractivity contribution < 1.29 is 19.0 Å². The van der Waals surface area contributed by atoms with Gasteiger partial charge in [0.1, 0.15) is 11.4 Å². The summed E-state index contributed by atoms with van der Waals surface area (Å²) in [5.74, 6) is 1.17. The van der Waals surface area contributed by atoms with Crippen molar-refractivity contribution in [1.29, 1.82) is 0 Å². The van der Waals surface area contributed by atoms with E-state index in [9.17, 15) is 4.79 Å². The van der Waals surface area contributed by atoms with Crippen LogP contribution in [-0.2, 0) is 26.3 Å². The average molecular weight is 389 g/mol. The van der Waals surface area contributed by atoms with Gasteiger partial charge in [0.25, 0.3) is 0 Å². The summed E-state index contributed by atoms with van der Waals surface area (Å²) < 4.78 is 17.5. The summed E-state index contributed by atoms with van der Waals surface area (Å²) >= 11 is 0. The van der Waals surface area contributed by atoms with E-state index in [0.717, 1.165) is 64.0 Å². The highest BCUT2D eigenvalue weighted by Crippen LogP contribution is 2.46. The second kappa shape index (κ2) is 8.01. The molecular formula is C22H32N2O4. The van der Waals surface area contributed by atoms with Crippen molar-refractivity contribution in [3.8, 4) is 5.75 Å². The number of hydrogen-bond acceptors (Lipinski definition) is 5. The fraction of sp³-hybridized carbons (Fsp3) is 0.682. The molecule has 0 radical (unpaired) electrons. The monoisotopic (exact) mass is 388 g/mol. The lowest BCUT2D eigenvalue weighted by Gasteiger charge is -2.46. The minimum atomic E-state index is -0.332. The molecule has 2 N–H and O–H groups in total. The van der Waals surface area contributed by atoms with Crippen LogP contribution in [0.5, 0.6) is 5.75 Å². The molecule has 154 valence electrons. The molecule has 6 nitrogen and oxygen atoms in total. The number of nitrogens with two attached hydrogens (primary N) is 1. The molecule has 3 aliphatic rings. The predicted octanol–water partition coefficient (Wildman–Crippen LogP) is 2.23. The first kappa shape index (κ1) is 19.7. The molecule has 2 fully saturated rings. The Morgan fingerprint density at radius 1 is 1.25 bits per heavy atom. The zero-order valence-corrected chi connectivity index (χ0v) is 17.0. The Morgan fingerprint density at radius 2 is 2.04 bits per heavy atom. The molecule has 1 spiro atoms. The molecule has 6 heteroatoms. The molecule has 28 heavy (non-hydrogen) atoms. The summed E-state index contributed by atoms with van der Waals surface area (Å²) in [5.41, 5.74) is 8.29. The van der Waals surface area contributed by atoms with Gasteiger partial charge in [-0.1, -0.05) is 12.1 Å². The lowest BCUT2D eigenvalue weighted by Crippen LogP contribution is -2.51. The van der Waals surface area contributed by atoms with E-state index in [1.165, 1.54) is 11.1 Å². The number of carbonyl (C=O) groups is 1. The molecule has 1 saturated carbocycles.